The summed E-state index contributed by atoms with van der Waals surface area (Å²) in [6, 6.07) is 16.0. The second-order valence-corrected chi connectivity index (χ2v) is 10.5. The van der Waals surface area contributed by atoms with Crippen LogP contribution in [0.1, 0.15) is 25.5 Å². The van der Waals surface area contributed by atoms with Gasteiger partial charge < -0.3 is 25.0 Å². The van der Waals surface area contributed by atoms with Crippen LogP contribution in [0.5, 0.6) is 5.75 Å². The summed E-state index contributed by atoms with van der Waals surface area (Å²) in [6.07, 6.45) is 1.89. The number of halogens is 2. The first-order valence-corrected chi connectivity index (χ1v) is 13.4. The van der Waals surface area contributed by atoms with Gasteiger partial charge in [-0.05, 0) is 68.3 Å². The minimum Gasteiger partial charge on any atom is -0.435 e. The quantitative estimate of drug-likeness (QED) is 0.370. The summed E-state index contributed by atoms with van der Waals surface area (Å²) >= 11 is 1.68. The molecule has 2 aliphatic rings. The van der Waals surface area contributed by atoms with E-state index >= 15 is 0 Å². The number of anilines is 2. The zero-order valence-corrected chi connectivity index (χ0v) is 21.8. The van der Waals surface area contributed by atoms with E-state index in [0.717, 1.165) is 47.9 Å². The molecule has 2 N–H and O–H groups in total. The lowest BCUT2D eigenvalue weighted by Crippen LogP contribution is -2.37. The number of carbonyl (C=O) groups excluding carboxylic acids is 1. The second-order valence-electron chi connectivity index (χ2n) is 9.04. The van der Waals surface area contributed by atoms with E-state index in [1.165, 1.54) is 0 Å². The van der Waals surface area contributed by atoms with Gasteiger partial charge in [-0.15, -0.1) is 11.8 Å². The number of aromatic nitrogens is 2. The fourth-order valence-corrected chi connectivity index (χ4v) is 5.47. The molecule has 38 heavy (non-hydrogen) atoms. The monoisotopic (exact) mass is 541 g/mol. The first-order valence-electron chi connectivity index (χ1n) is 12.6. The first-order chi connectivity index (χ1) is 18.4. The van der Waals surface area contributed by atoms with Crippen LogP contribution < -0.4 is 20.3 Å². The molecule has 0 bridgehead atoms. The Morgan fingerprint density at radius 1 is 1.11 bits per heavy atom. The SMILES string of the molecule is CCNC(=O)Nc1ccc(-c2nc(N3CCOCC3)cc(C3(Sc4ccc(OC(F)F)cc4)CC3)n2)cc1. The van der Waals surface area contributed by atoms with Gasteiger partial charge in [0.2, 0.25) is 0 Å². The van der Waals surface area contributed by atoms with E-state index in [2.05, 4.69) is 26.3 Å². The average Bonchev–Trinajstić information content (AvgIpc) is 3.71. The van der Waals surface area contributed by atoms with Crippen LogP contribution in [0.2, 0.25) is 0 Å². The topological polar surface area (TPSA) is 88.6 Å². The van der Waals surface area contributed by atoms with Gasteiger partial charge in [-0.25, -0.2) is 14.8 Å². The molecule has 2 heterocycles. The maximum absolute atomic E-state index is 12.5. The lowest BCUT2D eigenvalue weighted by Gasteiger charge is -2.29. The van der Waals surface area contributed by atoms with E-state index in [1.807, 2.05) is 31.2 Å². The Morgan fingerprint density at radius 3 is 2.45 bits per heavy atom. The largest absolute Gasteiger partial charge is 0.435 e. The highest BCUT2D eigenvalue weighted by Gasteiger charge is 2.47. The van der Waals surface area contributed by atoms with Gasteiger partial charge in [0.25, 0.3) is 0 Å². The van der Waals surface area contributed by atoms with Crippen molar-refractivity contribution in [3.63, 3.8) is 0 Å². The molecule has 1 saturated heterocycles. The third-order valence-electron chi connectivity index (χ3n) is 6.32. The number of nitrogens with one attached hydrogen (secondary N) is 2. The van der Waals surface area contributed by atoms with Crippen molar-refractivity contribution in [2.45, 2.75) is 36.0 Å². The molecule has 1 aliphatic heterocycles. The van der Waals surface area contributed by atoms with Gasteiger partial charge in [-0.1, -0.05) is 0 Å². The molecular weight excluding hydrogens is 512 g/mol. The van der Waals surface area contributed by atoms with Crippen molar-refractivity contribution in [2.24, 2.45) is 0 Å². The first kappa shape index (κ1) is 26.2. The van der Waals surface area contributed by atoms with Crippen molar-refractivity contribution in [3.05, 3.63) is 60.3 Å². The fourth-order valence-electron chi connectivity index (χ4n) is 4.23. The highest BCUT2D eigenvalue weighted by atomic mass is 32.2. The zero-order valence-electron chi connectivity index (χ0n) is 21.0. The number of carbonyl (C=O) groups is 1. The van der Waals surface area contributed by atoms with Crippen LogP contribution in [0.15, 0.2) is 59.5 Å². The molecule has 1 saturated carbocycles. The zero-order chi connectivity index (χ0) is 26.5. The minimum absolute atomic E-state index is 0.137. The highest BCUT2D eigenvalue weighted by Crippen LogP contribution is 2.59. The van der Waals surface area contributed by atoms with E-state index in [1.54, 1.807) is 36.0 Å². The number of hydrogen-bond acceptors (Lipinski definition) is 7. The van der Waals surface area contributed by atoms with E-state index in [0.29, 0.717) is 31.3 Å². The highest BCUT2D eigenvalue weighted by molar-refractivity contribution is 8.00. The molecule has 5 rings (SSSR count). The minimum atomic E-state index is -2.85. The van der Waals surface area contributed by atoms with Crippen LogP contribution in [0.25, 0.3) is 11.4 Å². The number of nitrogens with zero attached hydrogens (tertiary/aromatic N) is 3. The summed E-state index contributed by atoms with van der Waals surface area (Å²) in [5, 5.41) is 5.52. The molecule has 2 amide bonds. The third kappa shape index (κ3) is 6.33. The molecule has 2 aromatic carbocycles. The molecule has 1 aliphatic carbocycles. The molecule has 8 nitrogen and oxygen atoms in total. The molecule has 0 spiro atoms. The molecule has 0 radical (unpaired) electrons. The van der Waals surface area contributed by atoms with E-state index in [9.17, 15) is 13.6 Å². The number of morpholine rings is 1. The Labute approximate surface area is 224 Å². The van der Waals surface area contributed by atoms with Crippen molar-refractivity contribution < 1.29 is 23.0 Å². The number of alkyl halides is 2. The number of thioether (sulfide) groups is 1. The maximum atomic E-state index is 12.5. The molecular formula is C27H29F2N5O3S. The molecule has 3 aromatic rings. The normalized spacial score (nSPS) is 16.3. The summed E-state index contributed by atoms with van der Waals surface area (Å²) in [4.78, 5) is 24.9. The van der Waals surface area contributed by atoms with Crippen molar-refractivity contribution in [2.75, 3.05) is 43.1 Å². The summed E-state index contributed by atoms with van der Waals surface area (Å²) in [6.45, 7) is 2.33. The van der Waals surface area contributed by atoms with Crippen molar-refractivity contribution in [3.8, 4) is 17.1 Å². The average molecular weight is 542 g/mol. The number of benzene rings is 2. The Morgan fingerprint density at radius 2 is 1.82 bits per heavy atom. The molecule has 11 heteroatoms. The van der Waals surface area contributed by atoms with Gasteiger partial charge in [0.15, 0.2) is 5.82 Å². The number of amides is 2. The Kier molecular flexibility index (Phi) is 7.94. The van der Waals surface area contributed by atoms with E-state index in [4.69, 9.17) is 14.7 Å². The van der Waals surface area contributed by atoms with E-state index in [-0.39, 0.29) is 16.5 Å². The number of hydrogen-bond donors (Lipinski definition) is 2. The van der Waals surface area contributed by atoms with Crippen LogP contribution in [0.4, 0.5) is 25.1 Å². The van der Waals surface area contributed by atoms with Gasteiger partial charge in [-0.2, -0.15) is 8.78 Å². The predicted molar refractivity (Wildman–Crippen MR) is 143 cm³/mol. The third-order valence-corrected chi connectivity index (χ3v) is 7.84. The van der Waals surface area contributed by atoms with Gasteiger partial charge in [0.05, 0.1) is 23.7 Å². The van der Waals surface area contributed by atoms with Crippen molar-refractivity contribution in [1.29, 1.82) is 0 Å². The summed E-state index contributed by atoms with van der Waals surface area (Å²) in [7, 11) is 0. The maximum Gasteiger partial charge on any atom is 0.387 e. The predicted octanol–water partition coefficient (Wildman–Crippen LogP) is 5.50. The number of ether oxygens (including phenoxy) is 2. The fraction of sp³-hybridized carbons (Fsp3) is 0.370. The molecule has 1 aromatic heterocycles. The Bertz CT molecular complexity index is 1250. The smallest absolute Gasteiger partial charge is 0.387 e. The number of urea groups is 1. The van der Waals surface area contributed by atoms with Crippen molar-refractivity contribution in [1.82, 2.24) is 15.3 Å². The molecule has 0 atom stereocenters. The molecule has 200 valence electrons. The van der Waals surface area contributed by atoms with Crippen LogP contribution in [-0.4, -0.2) is 55.5 Å². The Balaban J connectivity index is 1.42. The second kappa shape index (κ2) is 11.5. The van der Waals surface area contributed by atoms with E-state index < -0.39 is 6.61 Å². The van der Waals surface area contributed by atoms with Crippen molar-refractivity contribution >= 4 is 29.3 Å². The summed E-state index contributed by atoms with van der Waals surface area (Å²) < 4.78 is 34.9. The molecule has 2 fully saturated rings. The Hall–Kier alpha value is -3.44. The lowest BCUT2D eigenvalue weighted by atomic mass is 10.1. The lowest BCUT2D eigenvalue weighted by molar-refractivity contribution is -0.0498. The van der Waals surface area contributed by atoms with Crippen LogP contribution in [0.3, 0.4) is 0 Å². The summed E-state index contributed by atoms with van der Waals surface area (Å²) in [5.41, 5.74) is 2.46. The van der Waals surface area contributed by atoms with Gasteiger partial charge >= 0.3 is 12.6 Å². The van der Waals surface area contributed by atoms with Gasteiger partial charge in [0, 0.05) is 41.8 Å². The van der Waals surface area contributed by atoms with Crippen LogP contribution in [0, 0.1) is 0 Å². The summed E-state index contributed by atoms with van der Waals surface area (Å²) in [5.74, 6) is 1.60. The van der Waals surface area contributed by atoms with Gasteiger partial charge in [0.1, 0.15) is 11.6 Å². The van der Waals surface area contributed by atoms with Crippen LogP contribution >= 0.6 is 11.8 Å². The van der Waals surface area contributed by atoms with Crippen LogP contribution in [-0.2, 0) is 9.48 Å². The molecule has 0 unspecified atom stereocenters. The number of rotatable bonds is 9. The van der Waals surface area contributed by atoms with Gasteiger partial charge in [-0.3, -0.25) is 0 Å². The standard InChI is InChI=1S/C27H29F2N5O3S/c1-2-30-26(35)31-19-5-3-18(4-6-19)24-32-22(17-23(33-24)34-13-15-36-16-14-34)27(11-12-27)38-21-9-7-20(8-10-21)37-25(28)29/h3-10,17,25H,2,11-16H2,1H3,(H2,30,31,35).